The first kappa shape index (κ1) is 21.3. The molecule has 0 saturated carbocycles. The van der Waals surface area contributed by atoms with Gasteiger partial charge in [0.25, 0.3) is 0 Å². The molecule has 2 aromatic heterocycles. The molecule has 0 unspecified atom stereocenters. The van der Waals surface area contributed by atoms with Crippen molar-refractivity contribution < 1.29 is 28.9 Å². The zero-order valence-corrected chi connectivity index (χ0v) is 16.9. The van der Waals surface area contributed by atoms with Gasteiger partial charge in [0.15, 0.2) is 5.78 Å². The molecule has 2 heterocycles. The Morgan fingerprint density at radius 1 is 1.17 bits per heavy atom. The van der Waals surface area contributed by atoms with E-state index in [1.807, 2.05) is 0 Å². The Labute approximate surface area is 172 Å². The van der Waals surface area contributed by atoms with E-state index in [0.29, 0.717) is 40.2 Å². The molecule has 3 rings (SSSR count). The molecule has 0 aliphatic heterocycles. The first-order chi connectivity index (χ1) is 14.4. The van der Waals surface area contributed by atoms with E-state index >= 15 is 0 Å². The number of hydrogen-bond acceptors (Lipinski definition) is 8. The van der Waals surface area contributed by atoms with Gasteiger partial charge in [0.2, 0.25) is 0 Å². The lowest BCUT2D eigenvalue weighted by Gasteiger charge is -2.13. The molecule has 0 radical (unpaired) electrons. The number of methoxy groups -OCH3 is 1. The van der Waals surface area contributed by atoms with E-state index < -0.39 is 5.97 Å². The topological polar surface area (TPSA) is 126 Å². The van der Waals surface area contributed by atoms with E-state index in [4.69, 9.17) is 14.2 Å². The smallest absolute Gasteiger partial charge is 0.325 e. The fourth-order valence-electron chi connectivity index (χ4n) is 2.94. The quantitative estimate of drug-likeness (QED) is 0.301. The lowest BCUT2D eigenvalue weighted by atomic mass is 10.0. The van der Waals surface area contributed by atoms with Crippen LogP contribution >= 0.6 is 0 Å². The molecular weight excluding hydrogens is 392 g/mol. The summed E-state index contributed by atoms with van der Waals surface area (Å²) in [4.78, 5) is 31.8. The molecule has 0 bridgehead atoms. The van der Waals surface area contributed by atoms with Crippen molar-refractivity contribution in [3.05, 3.63) is 36.0 Å². The predicted molar refractivity (Wildman–Crippen MR) is 106 cm³/mol. The van der Waals surface area contributed by atoms with Crippen LogP contribution in [0.5, 0.6) is 5.75 Å². The van der Waals surface area contributed by atoms with Crippen LogP contribution in [0.3, 0.4) is 0 Å². The minimum absolute atomic E-state index is 0.147. The number of aromatic nitrogens is 4. The molecule has 0 fully saturated rings. The Balaban J connectivity index is 2.10. The number of carbonyl (C=O) groups excluding carboxylic acids is 1. The first-order valence-electron chi connectivity index (χ1n) is 9.16. The van der Waals surface area contributed by atoms with Gasteiger partial charge in [-0.15, -0.1) is 0 Å². The third-order valence-electron chi connectivity index (χ3n) is 4.25. The number of carboxylic acid groups (broad SMARTS) is 1. The zero-order valence-electron chi connectivity index (χ0n) is 16.9. The summed E-state index contributed by atoms with van der Waals surface area (Å²) in [6, 6.07) is 3.42. The molecule has 1 N–H and O–H groups in total. The van der Waals surface area contributed by atoms with E-state index in [1.54, 1.807) is 31.5 Å². The van der Waals surface area contributed by atoms with Crippen LogP contribution in [0, 0.1) is 6.92 Å². The van der Waals surface area contributed by atoms with E-state index in [9.17, 15) is 14.7 Å². The second kappa shape index (κ2) is 9.42. The van der Waals surface area contributed by atoms with Crippen LogP contribution in [0.2, 0.25) is 0 Å². The maximum atomic E-state index is 12.1. The summed E-state index contributed by atoms with van der Waals surface area (Å²) in [6.45, 7) is 3.46. The summed E-state index contributed by atoms with van der Waals surface area (Å²) in [7, 11) is 1.53. The summed E-state index contributed by atoms with van der Waals surface area (Å²) < 4.78 is 17.3. The highest BCUT2D eigenvalue weighted by atomic mass is 16.7. The number of aliphatic carboxylic acids is 1. The average Bonchev–Trinajstić information content (AvgIpc) is 3.05. The molecule has 0 spiro atoms. The molecule has 10 heteroatoms. The van der Waals surface area contributed by atoms with Crippen LogP contribution in [-0.4, -0.2) is 63.7 Å². The predicted octanol–water partition coefficient (Wildman–Crippen LogP) is 2.09. The van der Waals surface area contributed by atoms with Gasteiger partial charge >= 0.3 is 5.97 Å². The minimum Gasteiger partial charge on any atom is -0.490 e. The number of carboxylic acids is 1. The summed E-state index contributed by atoms with van der Waals surface area (Å²) in [5.41, 5.74) is 2.02. The fourth-order valence-corrected chi connectivity index (χ4v) is 2.94. The summed E-state index contributed by atoms with van der Waals surface area (Å²) in [5, 5.41) is 13.9. The van der Waals surface area contributed by atoms with Crippen molar-refractivity contribution in [2.24, 2.45) is 0 Å². The SMILES string of the molecule is COCOCCOc1cc2c(cc1-c1cnc(C)nc1)c(C(C)=O)nn2CC(=O)O. The number of aryl methyl sites for hydroxylation is 1. The van der Waals surface area contributed by atoms with E-state index in [0.717, 1.165) is 0 Å². The molecule has 0 amide bonds. The van der Waals surface area contributed by atoms with Crippen molar-refractivity contribution in [3.63, 3.8) is 0 Å². The van der Waals surface area contributed by atoms with E-state index in [1.165, 1.54) is 18.7 Å². The molecule has 0 saturated heterocycles. The molecule has 1 aromatic carbocycles. The number of carbonyl (C=O) groups is 2. The number of hydrogen-bond donors (Lipinski definition) is 1. The van der Waals surface area contributed by atoms with Crippen LogP contribution in [0.15, 0.2) is 24.5 Å². The maximum absolute atomic E-state index is 12.1. The third-order valence-corrected chi connectivity index (χ3v) is 4.25. The Morgan fingerprint density at radius 2 is 1.90 bits per heavy atom. The molecular formula is C20H22N4O6. The molecule has 0 aliphatic rings. The molecule has 0 atom stereocenters. The Bertz CT molecular complexity index is 1060. The molecule has 3 aromatic rings. The molecule has 0 aliphatic carbocycles. The van der Waals surface area contributed by atoms with Crippen molar-refractivity contribution in [2.45, 2.75) is 20.4 Å². The standard InChI is InChI=1S/C20H22N4O6/c1-12(25)20-16-6-15(14-8-21-13(2)22-9-14)18(30-5-4-29-11-28-3)7-17(16)24(23-20)10-19(26)27/h6-9H,4-5,10-11H2,1-3H3,(H,26,27). The van der Waals surface area contributed by atoms with Crippen molar-refractivity contribution in [2.75, 3.05) is 27.1 Å². The Morgan fingerprint density at radius 3 is 2.53 bits per heavy atom. The van der Waals surface area contributed by atoms with Gasteiger partial charge in [0.05, 0.1) is 12.1 Å². The third kappa shape index (κ3) is 4.78. The number of nitrogens with zero attached hydrogens (tertiary/aromatic N) is 4. The number of fused-ring (bicyclic) bond motifs is 1. The summed E-state index contributed by atoms with van der Waals surface area (Å²) >= 11 is 0. The highest BCUT2D eigenvalue weighted by Crippen LogP contribution is 2.35. The van der Waals surface area contributed by atoms with Crippen molar-refractivity contribution in [1.29, 1.82) is 0 Å². The number of Topliss-reactive ketones (excluding diaryl/α,β-unsaturated/α-hetero) is 1. The zero-order chi connectivity index (χ0) is 21.7. The second-order valence-corrected chi connectivity index (χ2v) is 6.50. The number of ether oxygens (including phenoxy) is 3. The Hall–Kier alpha value is -3.37. The van der Waals surface area contributed by atoms with Crippen LogP contribution in [-0.2, 0) is 20.8 Å². The summed E-state index contributed by atoms with van der Waals surface area (Å²) in [5.74, 6) is -0.246. The van der Waals surface area contributed by atoms with Crippen molar-refractivity contribution in [3.8, 4) is 16.9 Å². The van der Waals surface area contributed by atoms with Gasteiger partial charge in [-0.1, -0.05) is 0 Å². The van der Waals surface area contributed by atoms with Crippen molar-refractivity contribution in [1.82, 2.24) is 19.7 Å². The number of rotatable bonds is 10. The van der Waals surface area contributed by atoms with Gasteiger partial charge in [0.1, 0.15) is 37.2 Å². The van der Waals surface area contributed by atoms with Crippen molar-refractivity contribution >= 4 is 22.7 Å². The van der Waals surface area contributed by atoms with Gasteiger partial charge in [-0.2, -0.15) is 5.10 Å². The lowest BCUT2D eigenvalue weighted by molar-refractivity contribution is -0.137. The maximum Gasteiger partial charge on any atom is 0.325 e. The van der Waals surface area contributed by atoms with Gasteiger partial charge < -0.3 is 19.3 Å². The lowest BCUT2D eigenvalue weighted by Crippen LogP contribution is -2.11. The van der Waals surface area contributed by atoms with E-state index in [-0.39, 0.29) is 31.4 Å². The highest BCUT2D eigenvalue weighted by molar-refractivity contribution is 6.06. The van der Waals surface area contributed by atoms with Gasteiger partial charge in [0, 0.05) is 49.0 Å². The largest absolute Gasteiger partial charge is 0.490 e. The molecule has 30 heavy (non-hydrogen) atoms. The van der Waals surface area contributed by atoms with Gasteiger partial charge in [-0.05, 0) is 13.0 Å². The van der Waals surface area contributed by atoms with Crippen LogP contribution in [0.25, 0.3) is 22.0 Å². The van der Waals surface area contributed by atoms with Crippen LogP contribution in [0.4, 0.5) is 0 Å². The second-order valence-electron chi connectivity index (χ2n) is 6.50. The summed E-state index contributed by atoms with van der Waals surface area (Å²) in [6.07, 6.45) is 3.32. The Kier molecular flexibility index (Phi) is 6.70. The van der Waals surface area contributed by atoms with Gasteiger partial charge in [-0.25, -0.2) is 9.97 Å². The monoisotopic (exact) mass is 414 g/mol. The fraction of sp³-hybridized carbons (Fsp3) is 0.350. The van der Waals surface area contributed by atoms with E-state index in [2.05, 4.69) is 15.1 Å². The number of benzene rings is 1. The average molecular weight is 414 g/mol. The van der Waals surface area contributed by atoms with Crippen LogP contribution in [0.1, 0.15) is 23.2 Å². The molecule has 158 valence electrons. The normalized spacial score (nSPS) is 11.0. The molecule has 10 nitrogen and oxygen atoms in total. The highest BCUT2D eigenvalue weighted by Gasteiger charge is 2.20. The van der Waals surface area contributed by atoms with Gasteiger partial charge in [-0.3, -0.25) is 14.3 Å². The van der Waals surface area contributed by atoms with Crippen LogP contribution < -0.4 is 4.74 Å². The minimum atomic E-state index is -1.07. The first-order valence-corrected chi connectivity index (χ1v) is 9.16. The number of ketones is 1.